The second kappa shape index (κ2) is 9.92. The highest BCUT2D eigenvalue weighted by Gasteiger charge is 2.34. The number of benzene rings is 1. The molecule has 1 fully saturated rings. The summed E-state index contributed by atoms with van der Waals surface area (Å²) in [6.07, 6.45) is 3.08. The third-order valence-electron chi connectivity index (χ3n) is 6.73. The average Bonchev–Trinajstić information content (AvgIpc) is 3.29. The Bertz CT molecular complexity index is 1460. The smallest absolute Gasteiger partial charge is 0.419 e. The van der Waals surface area contributed by atoms with Crippen molar-refractivity contribution in [2.45, 2.75) is 24.9 Å². The largest absolute Gasteiger partial charge is 0.495 e. The van der Waals surface area contributed by atoms with Crippen LogP contribution in [-0.4, -0.2) is 44.7 Å². The highest BCUT2D eigenvalue weighted by atomic mass is 19.4. The minimum atomic E-state index is -4.78. The molecule has 0 aliphatic carbocycles. The maximum absolute atomic E-state index is 13.8. The van der Waals surface area contributed by atoms with Crippen LogP contribution >= 0.6 is 0 Å². The lowest BCUT2D eigenvalue weighted by Crippen LogP contribution is -2.34. The Morgan fingerprint density at radius 3 is 2.53 bits per heavy atom. The first-order valence-electron chi connectivity index (χ1n) is 11.9. The normalized spacial score (nSPS) is 14.6. The molecular weight excluding hydrogens is 502 g/mol. The predicted molar refractivity (Wildman–Crippen MR) is 134 cm³/mol. The molecule has 0 spiro atoms. The summed E-state index contributed by atoms with van der Waals surface area (Å²) in [4.78, 5) is 19.7. The van der Waals surface area contributed by atoms with E-state index in [0.717, 1.165) is 36.4 Å². The number of hydrogen-bond donors (Lipinski definition) is 1. The number of alkyl halides is 3. The first kappa shape index (κ1) is 25.4. The minimum absolute atomic E-state index is 0.0775. The zero-order valence-corrected chi connectivity index (χ0v) is 20.7. The summed E-state index contributed by atoms with van der Waals surface area (Å²) in [5, 5.41) is 0. The molecule has 0 saturated carbocycles. The molecule has 3 aromatic heterocycles. The molecule has 0 radical (unpaired) electrons. The van der Waals surface area contributed by atoms with Crippen molar-refractivity contribution in [3.63, 3.8) is 0 Å². The molecule has 1 saturated heterocycles. The number of methoxy groups -OCH3 is 1. The molecule has 38 heavy (non-hydrogen) atoms. The van der Waals surface area contributed by atoms with E-state index >= 15 is 0 Å². The minimum Gasteiger partial charge on any atom is -0.495 e. The summed E-state index contributed by atoms with van der Waals surface area (Å²) in [5.41, 5.74) is 6.93. The SMILES string of the molecule is COc1cncc(-c2c(N)ncnc2N2CCC(c3nc(-c4ccc(F)c(C(F)(F)F)c4)cn3C)CC2)c1. The molecule has 4 heterocycles. The number of nitrogens with zero attached hydrogens (tertiary/aromatic N) is 6. The van der Waals surface area contributed by atoms with Gasteiger partial charge in [0.25, 0.3) is 0 Å². The summed E-state index contributed by atoms with van der Waals surface area (Å²) < 4.78 is 60.5. The number of ether oxygens (including phenoxy) is 1. The van der Waals surface area contributed by atoms with Crippen molar-refractivity contribution < 1.29 is 22.3 Å². The van der Waals surface area contributed by atoms with E-state index in [1.54, 1.807) is 25.7 Å². The molecule has 12 heteroatoms. The standard InChI is InChI=1S/C26H25F4N7O/c1-36-13-21(16-3-4-20(27)19(10-16)26(28,29)30)35-24(36)15-5-7-37(8-6-15)25-22(23(31)33-14-34-25)17-9-18(38-2)12-32-11-17/h3-4,9-15H,5-8H2,1-2H3,(H2,31,33,34). The van der Waals surface area contributed by atoms with Gasteiger partial charge in [0.05, 0.1) is 30.1 Å². The molecule has 0 atom stereocenters. The maximum Gasteiger partial charge on any atom is 0.419 e. The lowest BCUT2D eigenvalue weighted by molar-refractivity contribution is -0.139. The number of hydrogen-bond acceptors (Lipinski definition) is 7. The number of nitrogen functional groups attached to an aromatic ring is 1. The van der Waals surface area contributed by atoms with Gasteiger partial charge >= 0.3 is 6.18 Å². The third kappa shape index (κ3) is 4.85. The Hall–Kier alpha value is -4.22. The van der Waals surface area contributed by atoms with Crippen molar-refractivity contribution in [2.24, 2.45) is 7.05 Å². The van der Waals surface area contributed by atoms with E-state index in [0.29, 0.717) is 41.7 Å². The monoisotopic (exact) mass is 527 g/mol. The Morgan fingerprint density at radius 2 is 1.82 bits per heavy atom. The number of anilines is 2. The zero-order valence-electron chi connectivity index (χ0n) is 20.7. The van der Waals surface area contributed by atoms with Crippen molar-refractivity contribution in [2.75, 3.05) is 30.8 Å². The number of imidazole rings is 1. The van der Waals surface area contributed by atoms with Crippen molar-refractivity contribution in [1.29, 1.82) is 0 Å². The van der Waals surface area contributed by atoms with E-state index < -0.39 is 17.6 Å². The lowest BCUT2D eigenvalue weighted by atomic mass is 9.95. The van der Waals surface area contributed by atoms with Crippen LogP contribution in [0, 0.1) is 5.82 Å². The van der Waals surface area contributed by atoms with Crippen LogP contribution in [0.2, 0.25) is 0 Å². The Morgan fingerprint density at radius 1 is 1.05 bits per heavy atom. The maximum atomic E-state index is 13.8. The van der Waals surface area contributed by atoms with E-state index in [2.05, 4.69) is 24.8 Å². The fourth-order valence-electron chi connectivity index (χ4n) is 4.82. The third-order valence-corrected chi connectivity index (χ3v) is 6.73. The van der Waals surface area contributed by atoms with E-state index in [1.807, 2.05) is 17.7 Å². The number of rotatable bonds is 5. The first-order valence-corrected chi connectivity index (χ1v) is 11.9. The van der Waals surface area contributed by atoms with Crippen LogP contribution in [0.3, 0.4) is 0 Å². The molecule has 0 amide bonds. The molecule has 8 nitrogen and oxygen atoms in total. The van der Waals surface area contributed by atoms with Gasteiger partial charge in [-0.05, 0) is 37.1 Å². The van der Waals surface area contributed by atoms with Gasteiger partial charge in [-0.2, -0.15) is 13.2 Å². The van der Waals surface area contributed by atoms with Gasteiger partial charge in [0, 0.05) is 49.6 Å². The second-order valence-corrected chi connectivity index (χ2v) is 9.12. The van der Waals surface area contributed by atoms with Gasteiger partial charge in [0.15, 0.2) is 0 Å². The molecule has 5 rings (SSSR count). The van der Waals surface area contributed by atoms with Gasteiger partial charge < -0.3 is 19.9 Å². The van der Waals surface area contributed by atoms with E-state index in [-0.39, 0.29) is 11.5 Å². The van der Waals surface area contributed by atoms with Gasteiger partial charge in [-0.15, -0.1) is 0 Å². The Kier molecular flexibility index (Phi) is 6.64. The van der Waals surface area contributed by atoms with Crippen molar-refractivity contribution >= 4 is 11.6 Å². The summed E-state index contributed by atoms with van der Waals surface area (Å²) in [7, 11) is 3.37. The second-order valence-electron chi connectivity index (χ2n) is 9.12. The Balaban J connectivity index is 1.37. The average molecular weight is 528 g/mol. The fraction of sp³-hybridized carbons (Fsp3) is 0.308. The zero-order chi connectivity index (χ0) is 27.0. The van der Waals surface area contributed by atoms with Crippen LogP contribution in [0.5, 0.6) is 5.75 Å². The number of halogens is 4. The van der Waals surface area contributed by atoms with Gasteiger partial charge in [-0.25, -0.2) is 19.3 Å². The summed E-state index contributed by atoms with van der Waals surface area (Å²) in [6.45, 7) is 1.31. The van der Waals surface area contributed by atoms with Crippen molar-refractivity contribution in [3.05, 3.63) is 66.4 Å². The predicted octanol–water partition coefficient (Wildman–Crippen LogP) is 5.07. The number of piperidine rings is 1. The molecule has 0 bridgehead atoms. The summed E-state index contributed by atoms with van der Waals surface area (Å²) in [6, 6.07) is 4.77. The molecule has 198 valence electrons. The molecule has 0 unspecified atom stereocenters. The number of nitrogens with two attached hydrogens (primary N) is 1. The van der Waals surface area contributed by atoms with Gasteiger partial charge in [-0.3, -0.25) is 4.98 Å². The number of pyridine rings is 1. The van der Waals surface area contributed by atoms with Crippen LogP contribution in [0.4, 0.5) is 29.2 Å². The molecule has 2 N–H and O–H groups in total. The van der Waals surface area contributed by atoms with Crippen LogP contribution in [-0.2, 0) is 13.2 Å². The summed E-state index contributed by atoms with van der Waals surface area (Å²) in [5.74, 6) is 1.14. The van der Waals surface area contributed by atoms with E-state index in [9.17, 15) is 17.6 Å². The van der Waals surface area contributed by atoms with Gasteiger partial charge in [0.2, 0.25) is 0 Å². The fourth-order valence-corrected chi connectivity index (χ4v) is 4.82. The topological polar surface area (TPSA) is 95.0 Å². The lowest BCUT2D eigenvalue weighted by Gasteiger charge is -2.33. The first-order chi connectivity index (χ1) is 18.2. The van der Waals surface area contributed by atoms with Gasteiger partial charge in [-0.1, -0.05) is 0 Å². The van der Waals surface area contributed by atoms with Crippen LogP contribution in [0.15, 0.2) is 49.2 Å². The van der Waals surface area contributed by atoms with E-state index in [1.165, 1.54) is 12.4 Å². The number of aromatic nitrogens is 5. The van der Waals surface area contributed by atoms with Crippen LogP contribution in [0.25, 0.3) is 22.4 Å². The van der Waals surface area contributed by atoms with Crippen LogP contribution in [0.1, 0.15) is 30.1 Å². The highest BCUT2D eigenvalue weighted by molar-refractivity contribution is 5.84. The molecule has 1 aliphatic rings. The van der Waals surface area contributed by atoms with Crippen LogP contribution < -0.4 is 15.4 Å². The van der Waals surface area contributed by atoms with E-state index in [4.69, 9.17) is 10.5 Å². The van der Waals surface area contributed by atoms with Gasteiger partial charge in [0.1, 0.15) is 35.4 Å². The quantitative estimate of drug-likeness (QED) is 0.362. The molecular formula is C26H25F4N7O. The molecule has 4 aromatic rings. The molecule has 1 aliphatic heterocycles. The van der Waals surface area contributed by atoms with Crippen molar-refractivity contribution in [3.8, 4) is 28.1 Å². The summed E-state index contributed by atoms with van der Waals surface area (Å²) >= 11 is 0. The highest BCUT2D eigenvalue weighted by Crippen LogP contribution is 2.38. The van der Waals surface area contributed by atoms with Crippen molar-refractivity contribution in [1.82, 2.24) is 24.5 Å². The number of aryl methyl sites for hydroxylation is 1. The Labute approximate surface area is 216 Å². The molecule has 1 aromatic carbocycles.